The van der Waals surface area contributed by atoms with E-state index in [4.69, 9.17) is 37.7 Å². The van der Waals surface area contributed by atoms with Crippen molar-refractivity contribution in [3.8, 4) is 17.6 Å². The summed E-state index contributed by atoms with van der Waals surface area (Å²) in [6, 6.07) is 20.2. The average Bonchev–Trinajstić information content (AvgIpc) is 3.61. The Morgan fingerprint density at radius 2 is 1.48 bits per heavy atom. The first-order valence-electron chi connectivity index (χ1n) is 23.9. The molecule has 0 bridgehead atoms. The molecule has 1 aromatic heterocycles. The van der Waals surface area contributed by atoms with Crippen LogP contribution in [-0.2, 0) is 21.6 Å². The maximum Gasteiger partial charge on any atom is 0.262 e. The molecule has 1 atom stereocenters. The third kappa shape index (κ3) is 10.7. The van der Waals surface area contributed by atoms with Crippen LogP contribution in [0.4, 0.5) is 11.6 Å². The molecule has 0 aliphatic carbocycles. The van der Waals surface area contributed by atoms with E-state index in [1.54, 1.807) is 18.3 Å². The monoisotopic (exact) mass is 976 g/mol. The molecule has 9 rings (SSSR count). The van der Waals surface area contributed by atoms with E-state index in [1.165, 1.54) is 0 Å². The molecule has 1 N–H and O–H groups in total. The Morgan fingerprint density at radius 1 is 0.783 bits per heavy atom. The maximum absolute atomic E-state index is 13.4. The SMILES string of the molecule is CC(C)(c1ccc(OCc2ccnc(N3CCN(CN4CCN(CC5CCN(c6ccc7c(c6)C(=O)N(C6CCC(=O)NC6=O)C7=O)CC5)CC4)CC3)n2)cc1)c1cc(Cl)c(OCCCl)c(C#N)c1. The number of carbonyl (C=O) groups excluding carboxylic acids is 4. The molecule has 362 valence electrons. The van der Waals surface area contributed by atoms with E-state index in [-0.39, 0.29) is 25.4 Å². The summed E-state index contributed by atoms with van der Waals surface area (Å²) in [6.07, 6.45) is 4.15. The van der Waals surface area contributed by atoms with Crippen LogP contribution in [0.25, 0.3) is 0 Å². The summed E-state index contributed by atoms with van der Waals surface area (Å²) < 4.78 is 11.8. The van der Waals surface area contributed by atoms with Gasteiger partial charge in [0, 0.05) is 95.7 Å². The van der Waals surface area contributed by atoms with Crippen molar-refractivity contribution in [3.05, 3.63) is 105 Å². The molecule has 4 fully saturated rings. The molecule has 4 aromatic rings. The molecule has 0 radical (unpaired) electrons. The Kier molecular flexibility index (Phi) is 14.7. The van der Waals surface area contributed by atoms with Gasteiger partial charge in [-0.05, 0) is 84.8 Å². The number of rotatable bonds is 15. The lowest BCUT2D eigenvalue weighted by Gasteiger charge is -2.42. The van der Waals surface area contributed by atoms with Crippen LogP contribution in [0.1, 0.15) is 82.6 Å². The van der Waals surface area contributed by atoms with Crippen LogP contribution in [0.3, 0.4) is 0 Å². The molecule has 18 heteroatoms. The van der Waals surface area contributed by atoms with E-state index >= 15 is 0 Å². The van der Waals surface area contributed by atoms with E-state index in [2.05, 4.69) is 54.7 Å². The van der Waals surface area contributed by atoms with Gasteiger partial charge in [-0.1, -0.05) is 37.6 Å². The Morgan fingerprint density at radius 3 is 2.17 bits per heavy atom. The van der Waals surface area contributed by atoms with Crippen molar-refractivity contribution in [3.63, 3.8) is 0 Å². The van der Waals surface area contributed by atoms with Crippen molar-refractivity contribution < 1.29 is 28.7 Å². The molecule has 0 spiro atoms. The van der Waals surface area contributed by atoms with Crippen LogP contribution in [0.15, 0.2) is 66.9 Å². The van der Waals surface area contributed by atoms with Crippen molar-refractivity contribution in [2.75, 3.05) is 101 Å². The number of alkyl halides is 1. The molecule has 16 nitrogen and oxygen atoms in total. The lowest BCUT2D eigenvalue weighted by molar-refractivity contribution is -0.136. The Bertz CT molecular complexity index is 2600. The summed E-state index contributed by atoms with van der Waals surface area (Å²) in [7, 11) is 0. The summed E-state index contributed by atoms with van der Waals surface area (Å²) in [5.41, 5.74) is 4.23. The number of amides is 4. The van der Waals surface area contributed by atoms with Gasteiger partial charge in [0.2, 0.25) is 17.8 Å². The van der Waals surface area contributed by atoms with Crippen molar-refractivity contribution in [1.82, 2.24) is 34.9 Å². The molecule has 69 heavy (non-hydrogen) atoms. The van der Waals surface area contributed by atoms with Crippen LogP contribution in [-0.4, -0.2) is 150 Å². The van der Waals surface area contributed by atoms with E-state index in [0.29, 0.717) is 45.9 Å². The van der Waals surface area contributed by atoms with Crippen LogP contribution < -0.4 is 24.6 Å². The van der Waals surface area contributed by atoms with Gasteiger partial charge in [0.25, 0.3) is 11.8 Å². The number of anilines is 2. The highest BCUT2D eigenvalue weighted by Gasteiger charge is 2.45. The zero-order chi connectivity index (χ0) is 48.2. The first-order valence-corrected chi connectivity index (χ1v) is 24.8. The minimum Gasteiger partial charge on any atom is -0.489 e. The summed E-state index contributed by atoms with van der Waals surface area (Å²) in [5.74, 6) is 0.761. The number of ether oxygens (including phenoxy) is 2. The van der Waals surface area contributed by atoms with Gasteiger partial charge in [-0.15, -0.1) is 11.6 Å². The Labute approximate surface area is 413 Å². The number of nitrogens with one attached hydrogen (secondary N) is 1. The summed E-state index contributed by atoms with van der Waals surface area (Å²) in [4.78, 5) is 73.4. The zero-order valence-corrected chi connectivity index (χ0v) is 40.7. The first kappa shape index (κ1) is 48.2. The van der Waals surface area contributed by atoms with Gasteiger partial charge in [0.05, 0.1) is 40.0 Å². The second kappa shape index (κ2) is 21.0. The van der Waals surface area contributed by atoms with Gasteiger partial charge in [0.15, 0.2) is 5.75 Å². The standard InChI is InChI=1S/C51H58Cl2N10O6/c1-51(2,37-27-35(30-54)46(43(53)28-37)68-26-14-52)36-3-6-40(7-4-36)69-32-38-11-15-55-50(56-38)62-24-22-60(23-25-62)33-59-20-18-58(19-21-59)31-34-12-16-61(17-13-34)39-5-8-41-42(29-39)49(67)63(48(41)66)44-9-10-45(64)57-47(44)65/h3-8,11,15,27-29,34,44H,9-10,12-14,16-26,31-33H2,1-2H3,(H,57,64,65). The van der Waals surface area contributed by atoms with E-state index in [1.807, 2.05) is 48.5 Å². The van der Waals surface area contributed by atoms with Gasteiger partial charge < -0.3 is 24.2 Å². The van der Waals surface area contributed by atoms with Gasteiger partial charge >= 0.3 is 0 Å². The van der Waals surface area contributed by atoms with E-state index in [0.717, 1.165) is 131 Å². The van der Waals surface area contributed by atoms with Gasteiger partial charge in [-0.2, -0.15) is 5.26 Å². The number of nitrogens with zero attached hydrogens (tertiary/aromatic N) is 9. The molecular weight excluding hydrogens is 920 g/mol. The number of piperidine rings is 2. The fraction of sp³-hybridized carbons (Fsp3) is 0.471. The Hall–Kier alpha value is -5.83. The van der Waals surface area contributed by atoms with Crippen molar-refractivity contribution >= 4 is 58.5 Å². The van der Waals surface area contributed by atoms with Crippen LogP contribution >= 0.6 is 23.2 Å². The van der Waals surface area contributed by atoms with Crippen LogP contribution in [0, 0.1) is 17.2 Å². The summed E-state index contributed by atoms with van der Waals surface area (Å²) in [5, 5.41) is 12.4. The molecule has 0 saturated carbocycles. The highest BCUT2D eigenvalue weighted by Crippen LogP contribution is 2.39. The third-order valence-electron chi connectivity index (χ3n) is 14.3. The number of fused-ring (bicyclic) bond motifs is 1. The second-order valence-electron chi connectivity index (χ2n) is 19.0. The minimum absolute atomic E-state index is 0.0983. The van der Waals surface area contributed by atoms with Crippen LogP contribution in [0.2, 0.25) is 5.02 Å². The summed E-state index contributed by atoms with van der Waals surface area (Å²) >= 11 is 12.4. The maximum atomic E-state index is 13.4. The van der Waals surface area contributed by atoms with E-state index < -0.39 is 29.2 Å². The molecule has 4 amide bonds. The smallest absolute Gasteiger partial charge is 0.262 e. The molecule has 3 aromatic carbocycles. The lowest BCUT2D eigenvalue weighted by atomic mass is 9.77. The number of carbonyl (C=O) groups is 4. The minimum atomic E-state index is -0.965. The predicted molar refractivity (Wildman–Crippen MR) is 262 cm³/mol. The fourth-order valence-electron chi connectivity index (χ4n) is 10.1. The van der Waals surface area contributed by atoms with Crippen molar-refractivity contribution in [2.45, 2.75) is 57.6 Å². The molecule has 4 saturated heterocycles. The normalized spacial score (nSPS) is 20.0. The number of benzene rings is 3. The number of imide groups is 2. The fourth-order valence-corrected chi connectivity index (χ4v) is 10.5. The lowest BCUT2D eigenvalue weighted by Crippen LogP contribution is -2.55. The van der Waals surface area contributed by atoms with Gasteiger partial charge in [-0.3, -0.25) is 39.2 Å². The largest absolute Gasteiger partial charge is 0.489 e. The predicted octanol–water partition coefficient (Wildman–Crippen LogP) is 5.54. The molecular formula is C51H58Cl2N10O6. The number of hydrogen-bond acceptors (Lipinski definition) is 14. The molecule has 6 heterocycles. The van der Waals surface area contributed by atoms with E-state index in [9.17, 15) is 24.4 Å². The third-order valence-corrected chi connectivity index (χ3v) is 14.7. The number of piperazine rings is 2. The average molecular weight is 978 g/mol. The highest BCUT2D eigenvalue weighted by atomic mass is 35.5. The molecule has 5 aliphatic rings. The summed E-state index contributed by atoms with van der Waals surface area (Å²) in [6.45, 7) is 16.3. The van der Waals surface area contributed by atoms with Crippen molar-refractivity contribution in [2.24, 2.45) is 5.92 Å². The molecule has 1 unspecified atom stereocenters. The van der Waals surface area contributed by atoms with Crippen molar-refractivity contribution in [1.29, 1.82) is 5.26 Å². The zero-order valence-electron chi connectivity index (χ0n) is 39.2. The Balaban J connectivity index is 0.683. The van der Waals surface area contributed by atoms with Gasteiger partial charge in [0.1, 0.15) is 31.1 Å². The number of aromatic nitrogens is 2. The first-order chi connectivity index (χ1) is 33.4. The number of hydrogen-bond donors (Lipinski definition) is 1. The number of nitriles is 1. The highest BCUT2D eigenvalue weighted by molar-refractivity contribution is 6.32. The quantitative estimate of drug-likeness (QED) is 0.117. The second-order valence-corrected chi connectivity index (χ2v) is 19.8. The number of halogens is 2. The topological polar surface area (TPSA) is 168 Å². The van der Waals surface area contributed by atoms with Crippen LogP contribution in [0.5, 0.6) is 11.5 Å². The molecule has 5 aliphatic heterocycles. The van der Waals surface area contributed by atoms with Gasteiger partial charge in [-0.25, -0.2) is 9.97 Å².